The van der Waals surface area contributed by atoms with Gasteiger partial charge in [0.2, 0.25) is 0 Å². The molecule has 7 heteroatoms. The standard InChI is InChI=1S/C19H17BrN2O3S/c1-11-3-5-12(6-4-11)10-25-17-14(20)7-13(8-15(17)24-2)9-16-18(23)22-19(21)26-16/h3-9H,10H2,1-2H3,(H2,21,22,23)/b16-9+. The number of hydrogen-bond acceptors (Lipinski definition) is 5. The number of nitrogens with two attached hydrogens (primary N) is 1. The van der Waals surface area contributed by atoms with Crippen molar-refractivity contribution >= 4 is 44.8 Å². The number of halogens is 1. The zero-order valence-electron chi connectivity index (χ0n) is 14.3. The molecule has 0 bridgehead atoms. The van der Waals surface area contributed by atoms with Gasteiger partial charge in [0, 0.05) is 0 Å². The number of benzene rings is 2. The second kappa shape index (κ2) is 7.97. The third-order valence-electron chi connectivity index (χ3n) is 3.69. The monoisotopic (exact) mass is 432 g/mol. The third kappa shape index (κ3) is 4.28. The molecule has 1 heterocycles. The molecule has 1 aliphatic rings. The molecule has 3 rings (SSSR count). The van der Waals surface area contributed by atoms with E-state index in [0.717, 1.165) is 27.4 Å². The van der Waals surface area contributed by atoms with Gasteiger partial charge >= 0.3 is 0 Å². The third-order valence-corrected chi connectivity index (χ3v) is 5.09. The molecule has 26 heavy (non-hydrogen) atoms. The molecule has 0 fully saturated rings. The van der Waals surface area contributed by atoms with Crippen molar-refractivity contribution in [2.45, 2.75) is 13.5 Å². The van der Waals surface area contributed by atoms with Gasteiger partial charge in [0.25, 0.3) is 5.91 Å². The smallest absolute Gasteiger partial charge is 0.286 e. The first kappa shape index (κ1) is 18.5. The van der Waals surface area contributed by atoms with Gasteiger partial charge in [-0.2, -0.15) is 4.99 Å². The molecule has 0 unspecified atom stereocenters. The van der Waals surface area contributed by atoms with Crippen molar-refractivity contribution in [1.29, 1.82) is 0 Å². The van der Waals surface area contributed by atoms with E-state index in [-0.39, 0.29) is 11.1 Å². The van der Waals surface area contributed by atoms with Crippen LogP contribution >= 0.6 is 27.7 Å². The molecular weight excluding hydrogens is 416 g/mol. The van der Waals surface area contributed by atoms with Crippen molar-refractivity contribution in [2.75, 3.05) is 7.11 Å². The number of amidine groups is 1. The highest BCUT2D eigenvalue weighted by atomic mass is 79.9. The predicted octanol–water partition coefficient (Wildman–Crippen LogP) is 4.27. The van der Waals surface area contributed by atoms with Gasteiger partial charge in [-0.25, -0.2) is 0 Å². The zero-order chi connectivity index (χ0) is 18.7. The largest absolute Gasteiger partial charge is 0.493 e. The summed E-state index contributed by atoms with van der Waals surface area (Å²) in [5.74, 6) is 0.848. The van der Waals surface area contributed by atoms with Crippen molar-refractivity contribution in [1.82, 2.24) is 0 Å². The van der Waals surface area contributed by atoms with Crippen LogP contribution < -0.4 is 15.2 Å². The van der Waals surface area contributed by atoms with Crippen molar-refractivity contribution in [2.24, 2.45) is 10.7 Å². The highest BCUT2D eigenvalue weighted by molar-refractivity contribution is 9.10. The molecule has 0 radical (unpaired) electrons. The average molecular weight is 433 g/mol. The number of nitrogens with zero attached hydrogens (tertiary/aromatic N) is 1. The lowest BCUT2D eigenvalue weighted by Gasteiger charge is -2.14. The van der Waals surface area contributed by atoms with Crippen LogP contribution in [0.25, 0.3) is 6.08 Å². The van der Waals surface area contributed by atoms with Gasteiger partial charge in [-0.05, 0) is 64.0 Å². The number of methoxy groups -OCH3 is 1. The Kier molecular flexibility index (Phi) is 5.68. The van der Waals surface area contributed by atoms with Crippen molar-refractivity contribution < 1.29 is 14.3 Å². The molecule has 2 N–H and O–H groups in total. The topological polar surface area (TPSA) is 73.9 Å². The molecular formula is C19H17BrN2O3S. The quantitative estimate of drug-likeness (QED) is 0.713. The zero-order valence-corrected chi connectivity index (χ0v) is 16.7. The molecule has 2 aromatic rings. The van der Waals surface area contributed by atoms with Gasteiger partial charge in [-0.1, -0.05) is 29.8 Å². The number of thioether (sulfide) groups is 1. The van der Waals surface area contributed by atoms with Gasteiger partial charge in [0.1, 0.15) is 6.61 Å². The van der Waals surface area contributed by atoms with E-state index in [4.69, 9.17) is 15.2 Å². The number of aryl methyl sites for hydroxylation is 1. The lowest BCUT2D eigenvalue weighted by molar-refractivity contribution is -0.113. The first-order chi connectivity index (χ1) is 12.5. The van der Waals surface area contributed by atoms with E-state index in [1.807, 2.05) is 43.3 Å². The minimum Gasteiger partial charge on any atom is -0.493 e. The van der Waals surface area contributed by atoms with Gasteiger partial charge in [-0.15, -0.1) is 0 Å². The fourth-order valence-corrected chi connectivity index (χ4v) is 3.64. The molecule has 0 aromatic heterocycles. The second-order valence-electron chi connectivity index (χ2n) is 5.67. The van der Waals surface area contributed by atoms with E-state index in [2.05, 4.69) is 20.9 Å². The minimum absolute atomic E-state index is 0.255. The van der Waals surface area contributed by atoms with Crippen LogP contribution in [0, 0.1) is 6.92 Å². The van der Waals surface area contributed by atoms with Crippen molar-refractivity contribution in [3.63, 3.8) is 0 Å². The number of amides is 1. The molecule has 1 aliphatic heterocycles. The summed E-state index contributed by atoms with van der Waals surface area (Å²) in [4.78, 5) is 15.9. The maximum atomic E-state index is 11.8. The van der Waals surface area contributed by atoms with Gasteiger partial charge < -0.3 is 15.2 Å². The van der Waals surface area contributed by atoms with Crippen LogP contribution in [-0.4, -0.2) is 18.2 Å². The number of rotatable bonds is 5. The van der Waals surface area contributed by atoms with E-state index in [0.29, 0.717) is 23.0 Å². The summed E-state index contributed by atoms with van der Waals surface area (Å²) in [7, 11) is 1.58. The molecule has 5 nitrogen and oxygen atoms in total. The molecule has 1 amide bonds. The number of hydrogen-bond donors (Lipinski definition) is 1. The number of ether oxygens (including phenoxy) is 2. The average Bonchev–Trinajstić information content (AvgIpc) is 2.92. The Morgan fingerprint density at radius 2 is 2.00 bits per heavy atom. The summed E-state index contributed by atoms with van der Waals surface area (Å²) >= 11 is 4.67. The van der Waals surface area contributed by atoms with Crippen molar-refractivity contribution in [3.05, 3.63) is 62.5 Å². The summed E-state index contributed by atoms with van der Waals surface area (Å²) in [5, 5.41) is 0.255. The van der Waals surface area contributed by atoms with E-state index in [1.54, 1.807) is 13.2 Å². The first-order valence-electron chi connectivity index (χ1n) is 7.80. The molecule has 2 aromatic carbocycles. The van der Waals surface area contributed by atoms with Gasteiger partial charge in [0.05, 0.1) is 16.5 Å². The summed E-state index contributed by atoms with van der Waals surface area (Å²) in [6, 6.07) is 11.8. The lowest BCUT2D eigenvalue weighted by Crippen LogP contribution is -2.01. The van der Waals surface area contributed by atoms with Crippen LogP contribution in [0.5, 0.6) is 11.5 Å². The Morgan fingerprint density at radius 1 is 1.27 bits per heavy atom. The fourth-order valence-electron chi connectivity index (χ4n) is 2.38. The number of aliphatic imine (C=N–C) groups is 1. The fraction of sp³-hybridized carbons (Fsp3) is 0.158. The lowest BCUT2D eigenvalue weighted by atomic mass is 10.1. The summed E-state index contributed by atoms with van der Waals surface area (Å²) in [5.41, 5.74) is 8.64. The van der Waals surface area contributed by atoms with E-state index in [9.17, 15) is 4.79 Å². The molecule has 0 aliphatic carbocycles. The highest BCUT2D eigenvalue weighted by Gasteiger charge is 2.20. The Balaban J connectivity index is 1.82. The molecule has 134 valence electrons. The van der Waals surface area contributed by atoms with Gasteiger partial charge in [0.15, 0.2) is 16.7 Å². The normalized spacial score (nSPS) is 15.3. The second-order valence-corrected chi connectivity index (χ2v) is 7.59. The SMILES string of the molecule is COc1cc(/C=C2/SC(N)=NC2=O)cc(Br)c1OCc1ccc(C)cc1. The Bertz CT molecular complexity index is 908. The summed E-state index contributed by atoms with van der Waals surface area (Å²) in [6.07, 6.45) is 1.73. The van der Waals surface area contributed by atoms with Crippen LogP contribution in [0.1, 0.15) is 16.7 Å². The van der Waals surface area contributed by atoms with Gasteiger partial charge in [-0.3, -0.25) is 4.79 Å². The predicted molar refractivity (Wildman–Crippen MR) is 108 cm³/mol. The maximum Gasteiger partial charge on any atom is 0.286 e. The molecule has 0 atom stereocenters. The van der Waals surface area contributed by atoms with Crippen LogP contribution in [0.2, 0.25) is 0 Å². The number of carbonyl (C=O) groups is 1. The van der Waals surface area contributed by atoms with Crippen LogP contribution in [0.15, 0.2) is 50.8 Å². The minimum atomic E-state index is -0.331. The van der Waals surface area contributed by atoms with Crippen LogP contribution in [0.4, 0.5) is 0 Å². The highest BCUT2D eigenvalue weighted by Crippen LogP contribution is 2.38. The van der Waals surface area contributed by atoms with E-state index < -0.39 is 0 Å². The van der Waals surface area contributed by atoms with Crippen LogP contribution in [-0.2, 0) is 11.4 Å². The van der Waals surface area contributed by atoms with Crippen LogP contribution in [0.3, 0.4) is 0 Å². The maximum absolute atomic E-state index is 11.8. The molecule has 0 saturated carbocycles. The van der Waals surface area contributed by atoms with E-state index >= 15 is 0 Å². The van der Waals surface area contributed by atoms with E-state index in [1.165, 1.54) is 5.56 Å². The number of carbonyl (C=O) groups excluding carboxylic acids is 1. The van der Waals surface area contributed by atoms with Crippen molar-refractivity contribution in [3.8, 4) is 11.5 Å². The molecule has 0 saturated heterocycles. The summed E-state index contributed by atoms with van der Waals surface area (Å²) < 4.78 is 12.1. The Hall–Kier alpha value is -2.25. The Labute approximate surface area is 164 Å². The summed E-state index contributed by atoms with van der Waals surface area (Å²) in [6.45, 7) is 2.47. The first-order valence-corrected chi connectivity index (χ1v) is 9.41. The molecule has 0 spiro atoms. The Morgan fingerprint density at radius 3 is 2.62 bits per heavy atom.